The lowest BCUT2D eigenvalue weighted by molar-refractivity contribution is -0.141. The number of rotatable bonds is 14. The smallest absolute Gasteiger partial charge is 0.243 e. The third kappa shape index (κ3) is 9.62. The van der Waals surface area contributed by atoms with Crippen molar-refractivity contribution in [3.63, 3.8) is 0 Å². The number of hydrogen-bond acceptors (Lipinski definition) is 4. The molecule has 0 radical (unpaired) electrons. The second-order valence-electron chi connectivity index (χ2n) is 10.2. The van der Waals surface area contributed by atoms with Crippen LogP contribution in [0.15, 0.2) is 77.3 Å². The molecule has 0 aliphatic carbocycles. The Labute approximate surface area is 255 Å². The summed E-state index contributed by atoms with van der Waals surface area (Å²) in [6.45, 7) is 3.89. The molecule has 42 heavy (non-hydrogen) atoms. The Balaban J connectivity index is 1.89. The summed E-state index contributed by atoms with van der Waals surface area (Å²) in [5, 5.41) is 3.01. The molecule has 2 amide bonds. The van der Waals surface area contributed by atoms with Gasteiger partial charge in [0.15, 0.2) is 11.6 Å². The number of sulfonamides is 1. The van der Waals surface area contributed by atoms with Gasteiger partial charge in [0.2, 0.25) is 21.8 Å². The Hall–Kier alpha value is -3.31. The molecule has 0 spiro atoms. The topological polar surface area (TPSA) is 86.8 Å². The highest BCUT2D eigenvalue weighted by Crippen LogP contribution is 2.22. The molecule has 0 aliphatic heterocycles. The first kappa shape index (κ1) is 33.2. The van der Waals surface area contributed by atoms with Gasteiger partial charge in [-0.05, 0) is 55.2 Å². The fourth-order valence-corrected chi connectivity index (χ4v) is 5.65. The summed E-state index contributed by atoms with van der Waals surface area (Å²) in [5.74, 6) is -2.88. The molecule has 0 fully saturated rings. The van der Waals surface area contributed by atoms with Gasteiger partial charge in [0.05, 0.1) is 11.9 Å². The lowest BCUT2D eigenvalue weighted by Gasteiger charge is -2.32. The van der Waals surface area contributed by atoms with E-state index in [4.69, 9.17) is 0 Å². The van der Waals surface area contributed by atoms with Gasteiger partial charge in [0.25, 0.3) is 0 Å². The van der Waals surface area contributed by atoms with Crippen LogP contribution in [0, 0.1) is 11.6 Å². The van der Waals surface area contributed by atoms with E-state index in [1.807, 2.05) is 68.4 Å². The molecule has 0 aliphatic rings. The zero-order valence-corrected chi connectivity index (χ0v) is 26.3. The third-order valence-electron chi connectivity index (χ3n) is 6.88. The molecule has 0 heterocycles. The molecule has 3 aromatic carbocycles. The quantitative estimate of drug-likeness (QED) is 0.235. The molecule has 0 bridgehead atoms. The Kier molecular flexibility index (Phi) is 12.0. The maximum atomic E-state index is 13.9. The van der Waals surface area contributed by atoms with Gasteiger partial charge in [-0.3, -0.25) is 13.9 Å². The Morgan fingerprint density at radius 3 is 2.21 bits per heavy atom. The number of hydrogen-bond donors (Lipinski definition) is 1. The minimum absolute atomic E-state index is 0.0366. The van der Waals surface area contributed by atoms with Crippen LogP contribution in [0.2, 0.25) is 0 Å². The van der Waals surface area contributed by atoms with E-state index in [0.29, 0.717) is 0 Å². The molecule has 2 atom stereocenters. The molecule has 11 heteroatoms. The zero-order valence-electron chi connectivity index (χ0n) is 23.9. The van der Waals surface area contributed by atoms with E-state index in [2.05, 4.69) is 21.2 Å². The predicted molar refractivity (Wildman–Crippen MR) is 164 cm³/mol. The van der Waals surface area contributed by atoms with Crippen molar-refractivity contribution in [1.82, 2.24) is 10.2 Å². The van der Waals surface area contributed by atoms with Gasteiger partial charge in [-0.15, -0.1) is 0 Å². The average Bonchev–Trinajstić information content (AvgIpc) is 2.95. The SMILES string of the molecule is CC[C@H](C)NC(=O)[C@@H](Cc1ccccc1)N(Cc1ccc(Br)cc1)C(=O)CCCN(c1ccc(F)c(F)c1)S(C)(=O)=O. The number of carbonyl (C=O) groups excluding carboxylic acids is 2. The van der Waals surface area contributed by atoms with Crippen LogP contribution < -0.4 is 9.62 Å². The Morgan fingerprint density at radius 1 is 0.952 bits per heavy atom. The van der Waals surface area contributed by atoms with Crippen LogP contribution in [0.3, 0.4) is 0 Å². The Bertz CT molecular complexity index is 1460. The van der Waals surface area contributed by atoms with Crippen LogP contribution >= 0.6 is 15.9 Å². The maximum Gasteiger partial charge on any atom is 0.243 e. The maximum absolute atomic E-state index is 13.9. The fourth-order valence-electron chi connectivity index (χ4n) is 4.43. The van der Waals surface area contributed by atoms with Gasteiger partial charge in [-0.1, -0.05) is 65.3 Å². The van der Waals surface area contributed by atoms with Crippen molar-refractivity contribution < 1.29 is 26.8 Å². The van der Waals surface area contributed by atoms with Crippen molar-refractivity contribution in [2.75, 3.05) is 17.1 Å². The number of anilines is 1. The molecule has 226 valence electrons. The van der Waals surface area contributed by atoms with Gasteiger partial charge in [-0.25, -0.2) is 17.2 Å². The first-order chi connectivity index (χ1) is 19.9. The number of nitrogens with one attached hydrogen (secondary N) is 1. The minimum Gasteiger partial charge on any atom is -0.352 e. The van der Waals surface area contributed by atoms with Crippen LogP contribution in [-0.2, 0) is 32.6 Å². The first-order valence-corrected chi connectivity index (χ1v) is 16.3. The highest BCUT2D eigenvalue weighted by Gasteiger charge is 2.31. The van der Waals surface area contributed by atoms with Crippen molar-refractivity contribution in [3.8, 4) is 0 Å². The lowest BCUT2D eigenvalue weighted by Crippen LogP contribution is -2.52. The average molecular weight is 665 g/mol. The summed E-state index contributed by atoms with van der Waals surface area (Å²) in [4.78, 5) is 29.0. The van der Waals surface area contributed by atoms with Crippen molar-refractivity contribution >= 4 is 43.5 Å². The highest BCUT2D eigenvalue weighted by atomic mass is 79.9. The van der Waals surface area contributed by atoms with E-state index in [0.717, 1.165) is 44.7 Å². The summed E-state index contributed by atoms with van der Waals surface area (Å²) in [6.07, 6.45) is 1.98. The summed E-state index contributed by atoms with van der Waals surface area (Å²) >= 11 is 3.42. The molecular formula is C31H36BrF2N3O4S. The van der Waals surface area contributed by atoms with Crippen LogP contribution in [0.1, 0.15) is 44.2 Å². The molecule has 0 saturated carbocycles. The van der Waals surface area contributed by atoms with Gasteiger partial charge in [0.1, 0.15) is 6.04 Å². The third-order valence-corrected chi connectivity index (χ3v) is 8.60. The molecule has 0 saturated heterocycles. The highest BCUT2D eigenvalue weighted by molar-refractivity contribution is 9.10. The van der Waals surface area contributed by atoms with E-state index in [9.17, 15) is 26.8 Å². The first-order valence-electron chi connectivity index (χ1n) is 13.7. The summed E-state index contributed by atoms with van der Waals surface area (Å²) in [5.41, 5.74) is 1.67. The minimum atomic E-state index is -3.85. The number of carbonyl (C=O) groups is 2. The van der Waals surface area contributed by atoms with Crippen molar-refractivity contribution in [2.24, 2.45) is 0 Å². The van der Waals surface area contributed by atoms with Crippen LogP contribution in [0.5, 0.6) is 0 Å². The van der Waals surface area contributed by atoms with Gasteiger partial charge < -0.3 is 10.2 Å². The summed E-state index contributed by atoms with van der Waals surface area (Å²) in [7, 11) is -3.85. The molecule has 0 aromatic heterocycles. The summed E-state index contributed by atoms with van der Waals surface area (Å²) in [6, 6.07) is 18.8. The molecule has 7 nitrogen and oxygen atoms in total. The van der Waals surface area contributed by atoms with Gasteiger partial charge in [0, 0.05) is 42.5 Å². The molecule has 0 unspecified atom stereocenters. The lowest BCUT2D eigenvalue weighted by atomic mass is 10.0. The van der Waals surface area contributed by atoms with E-state index in [-0.39, 0.29) is 55.9 Å². The normalized spacial score (nSPS) is 12.8. The fraction of sp³-hybridized carbons (Fsp3) is 0.355. The van der Waals surface area contributed by atoms with Crippen LogP contribution in [-0.4, -0.2) is 50.0 Å². The van der Waals surface area contributed by atoms with E-state index >= 15 is 0 Å². The van der Waals surface area contributed by atoms with E-state index < -0.39 is 27.7 Å². The molecule has 1 N–H and O–H groups in total. The largest absolute Gasteiger partial charge is 0.352 e. The second kappa shape index (κ2) is 15.2. The van der Waals surface area contributed by atoms with Gasteiger partial charge >= 0.3 is 0 Å². The summed E-state index contributed by atoms with van der Waals surface area (Å²) < 4.78 is 54.2. The van der Waals surface area contributed by atoms with Crippen molar-refractivity contribution in [3.05, 3.63) is 100 Å². The predicted octanol–water partition coefficient (Wildman–Crippen LogP) is 5.83. The molecular weight excluding hydrogens is 628 g/mol. The standard InChI is InChI=1S/C31H36BrF2N3O4S/c1-4-22(2)35-31(39)29(19-23-9-6-5-7-10-23)36(21-24-12-14-25(32)15-13-24)30(38)11-8-18-37(42(3,40)41)26-16-17-27(33)28(34)20-26/h5-7,9-10,12-17,20,22,29H,4,8,11,18-19,21H2,1-3H3,(H,35,39)/t22-,29+/m0/s1. The number of amides is 2. The zero-order chi connectivity index (χ0) is 30.9. The van der Waals surface area contributed by atoms with E-state index in [1.165, 1.54) is 11.0 Å². The van der Waals surface area contributed by atoms with Gasteiger partial charge in [-0.2, -0.15) is 0 Å². The Morgan fingerprint density at radius 2 is 1.62 bits per heavy atom. The molecule has 3 aromatic rings. The second-order valence-corrected chi connectivity index (χ2v) is 13.0. The van der Waals surface area contributed by atoms with Crippen LogP contribution in [0.25, 0.3) is 0 Å². The van der Waals surface area contributed by atoms with E-state index in [1.54, 1.807) is 0 Å². The molecule has 3 rings (SSSR count). The van der Waals surface area contributed by atoms with Crippen molar-refractivity contribution in [1.29, 1.82) is 0 Å². The number of benzene rings is 3. The van der Waals surface area contributed by atoms with Crippen LogP contribution in [0.4, 0.5) is 14.5 Å². The monoisotopic (exact) mass is 663 g/mol. The van der Waals surface area contributed by atoms with Crippen molar-refractivity contribution in [2.45, 2.75) is 58.2 Å². The number of nitrogens with zero attached hydrogens (tertiary/aromatic N) is 2. The number of halogens is 3.